The molecule has 0 unspecified atom stereocenters. The average Bonchev–Trinajstić information content (AvgIpc) is 3.10. The number of nitrogens with zero attached hydrogens (tertiary/aromatic N) is 2. The Kier molecular flexibility index (Phi) is 6.73. The van der Waals surface area contributed by atoms with Gasteiger partial charge in [0.1, 0.15) is 0 Å². The molecule has 46 heavy (non-hydrogen) atoms. The summed E-state index contributed by atoms with van der Waals surface area (Å²) in [5, 5.41) is 7.48. The van der Waals surface area contributed by atoms with Crippen LogP contribution in [0.5, 0.6) is 0 Å². The van der Waals surface area contributed by atoms with E-state index in [1.54, 1.807) is 6.20 Å². The normalized spacial score (nSPS) is 11.8. The zero-order valence-electron chi connectivity index (χ0n) is 26.3. The van der Waals surface area contributed by atoms with Crippen molar-refractivity contribution in [3.05, 3.63) is 158 Å². The van der Waals surface area contributed by atoms with Gasteiger partial charge in [0.05, 0.1) is 5.69 Å². The summed E-state index contributed by atoms with van der Waals surface area (Å²) in [6, 6.07) is 48.6. The molecule has 6 aromatic carbocycles. The topological polar surface area (TPSA) is 25.8 Å². The van der Waals surface area contributed by atoms with Crippen molar-refractivity contribution in [3.8, 4) is 44.6 Å². The third-order valence-corrected chi connectivity index (χ3v) is 9.15. The maximum atomic E-state index is 4.82. The number of aromatic nitrogens is 2. The lowest BCUT2D eigenvalue weighted by molar-refractivity contribution is 0.590. The molecule has 0 bridgehead atoms. The van der Waals surface area contributed by atoms with Gasteiger partial charge in [0.15, 0.2) is 0 Å². The molecule has 0 fully saturated rings. The lowest BCUT2D eigenvalue weighted by atomic mass is 9.83. The molecule has 0 aliphatic carbocycles. The van der Waals surface area contributed by atoms with Gasteiger partial charge < -0.3 is 0 Å². The summed E-state index contributed by atoms with van der Waals surface area (Å²) in [4.78, 5) is 9.07. The molecule has 0 aliphatic rings. The van der Waals surface area contributed by atoms with Gasteiger partial charge in [0.2, 0.25) is 0 Å². The van der Waals surface area contributed by atoms with Crippen LogP contribution in [0.1, 0.15) is 26.3 Å². The Bertz CT molecular complexity index is 2310. The minimum Gasteiger partial charge on any atom is -0.264 e. The Labute approximate surface area is 270 Å². The van der Waals surface area contributed by atoms with Crippen molar-refractivity contribution >= 4 is 32.3 Å². The zero-order valence-corrected chi connectivity index (χ0v) is 26.3. The minimum atomic E-state index is 0.113. The summed E-state index contributed by atoms with van der Waals surface area (Å²) in [6.45, 7) is 6.80. The van der Waals surface area contributed by atoms with Crippen molar-refractivity contribution in [3.63, 3.8) is 0 Å². The molecule has 0 aliphatic heterocycles. The maximum Gasteiger partial charge on any atom is 0.0702 e. The molecule has 2 aromatic heterocycles. The molecular formula is C44H34N2. The predicted octanol–water partition coefficient (Wildman–Crippen LogP) is 11.9. The van der Waals surface area contributed by atoms with Gasteiger partial charge in [-0.15, -0.1) is 0 Å². The van der Waals surface area contributed by atoms with E-state index in [1.165, 1.54) is 60.1 Å². The van der Waals surface area contributed by atoms with Gasteiger partial charge in [-0.2, -0.15) is 0 Å². The van der Waals surface area contributed by atoms with Gasteiger partial charge in [-0.1, -0.05) is 130 Å². The van der Waals surface area contributed by atoms with Crippen molar-refractivity contribution < 1.29 is 0 Å². The van der Waals surface area contributed by atoms with E-state index in [4.69, 9.17) is 4.98 Å². The van der Waals surface area contributed by atoms with Crippen LogP contribution in [0.3, 0.4) is 0 Å². The van der Waals surface area contributed by atoms with Crippen LogP contribution in [0.25, 0.3) is 77.0 Å². The van der Waals surface area contributed by atoms with Gasteiger partial charge >= 0.3 is 0 Å². The molecule has 2 heteroatoms. The highest BCUT2D eigenvalue weighted by atomic mass is 14.7. The summed E-state index contributed by atoms with van der Waals surface area (Å²) in [7, 11) is 0. The molecule has 2 heterocycles. The number of hydrogen-bond acceptors (Lipinski definition) is 2. The minimum absolute atomic E-state index is 0.113. The highest BCUT2D eigenvalue weighted by Gasteiger charge is 2.18. The molecule has 0 saturated carbocycles. The quantitative estimate of drug-likeness (QED) is 0.191. The third-order valence-electron chi connectivity index (χ3n) is 9.15. The molecule has 0 spiro atoms. The Balaban J connectivity index is 1.27. The fourth-order valence-corrected chi connectivity index (χ4v) is 6.72. The Hall–Kier alpha value is -5.60. The van der Waals surface area contributed by atoms with E-state index in [0.29, 0.717) is 0 Å². The lowest BCUT2D eigenvalue weighted by Crippen LogP contribution is -2.10. The van der Waals surface area contributed by atoms with Crippen LogP contribution >= 0.6 is 0 Å². The number of hydrogen-bond donors (Lipinski definition) is 0. The molecule has 0 amide bonds. The van der Waals surface area contributed by atoms with E-state index >= 15 is 0 Å². The lowest BCUT2D eigenvalue weighted by Gasteiger charge is -2.21. The molecule has 8 aromatic rings. The molecule has 220 valence electrons. The number of benzene rings is 6. The highest BCUT2D eigenvalue weighted by molar-refractivity contribution is 6.21. The monoisotopic (exact) mass is 590 g/mol. The molecule has 2 nitrogen and oxygen atoms in total. The van der Waals surface area contributed by atoms with Crippen molar-refractivity contribution in [2.45, 2.75) is 26.2 Å². The first-order chi connectivity index (χ1) is 22.4. The smallest absolute Gasteiger partial charge is 0.0702 e. The highest BCUT2D eigenvalue weighted by Crippen LogP contribution is 2.44. The summed E-state index contributed by atoms with van der Waals surface area (Å²) < 4.78 is 0. The second-order valence-electron chi connectivity index (χ2n) is 13.1. The van der Waals surface area contributed by atoms with Gasteiger partial charge in [-0.05, 0) is 89.8 Å². The zero-order chi connectivity index (χ0) is 31.3. The maximum absolute atomic E-state index is 4.82. The van der Waals surface area contributed by atoms with E-state index in [2.05, 4.69) is 153 Å². The molecule has 0 N–H and O–H groups in total. The summed E-state index contributed by atoms with van der Waals surface area (Å²) in [5.74, 6) is 0. The Morgan fingerprint density at radius 2 is 0.978 bits per heavy atom. The van der Waals surface area contributed by atoms with Crippen LogP contribution in [0.2, 0.25) is 0 Å². The number of rotatable bonds is 4. The van der Waals surface area contributed by atoms with E-state index in [9.17, 15) is 0 Å². The van der Waals surface area contributed by atoms with Crippen LogP contribution in [-0.4, -0.2) is 9.97 Å². The second kappa shape index (κ2) is 11.1. The molecule has 0 saturated heterocycles. The first-order valence-corrected chi connectivity index (χ1v) is 15.9. The van der Waals surface area contributed by atoms with Crippen molar-refractivity contribution in [1.82, 2.24) is 9.97 Å². The fourth-order valence-electron chi connectivity index (χ4n) is 6.72. The van der Waals surface area contributed by atoms with Crippen LogP contribution < -0.4 is 0 Å². The first kappa shape index (κ1) is 27.9. The van der Waals surface area contributed by atoms with Crippen molar-refractivity contribution in [2.24, 2.45) is 0 Å². The first-order valence-electron chi connectivity index (χ1n) is 15.9. The van der Waals surface area contributed by atoms with Crippen LogP contribution in [-0.2, 0) is 5.41 Å². The Morgan fingerprint density at radius 3 is 1.54 bits per heavy atom. The summed E-state index contributed by atoms with van der Waals surface area (Å²) >= 11 is 0. The molecule has 0 atom stereocenters. The number of pyridine rings is 2. The van der Waals surface area contributed by atoms with Gasteiger partial charge in [-0.25, -0.2) is 0 Å². The number of fused-ring (bicyclic) bond motifs is 3. The standard InChI is InChI=1S/C44H34N2/c1-44(2,3)36-21-18-30(19-22-36)42-37-10-4-6-12-39(37)43(40-13-7-5-11-38(40)42)32-17-15-29-14-16-31(25-35(29)26-32)41-23-20-34(28-46-41)33-9-8-24-45-27-33/h4-28H,1-3H3. The molecule has 8 rings (SSSR count). The summed E-state index contributed by atoms with van der Waals surface area (Å²) in [5.41, 5.74) is 10.7. The predicted molar refractivity (Wildman–Crippen MR) is 195 cm³/mol. The second-order valence-corrected chi connectivity index (χ2v) is 13.1. The average molecular weight is 591 g/mol. The largest absolute Gasteiger partial charge is 0.264 e. The van der Waals surface area contributed by atoms with E-state index < -0.39 is 0 Å². The van der Waals surface area contributed by atoms with E-state index in [0.717, 1.165) is 22.4 Å². The SMILES string of the molecule is CC(C)(C)c1ccc(-c2c3ccccc3c(-c3ccc4ccc(-c5ccc(-c6cccnc6)cn5)cc4c3)c3ccccc23)cc1. The fraction of sp³-hybridized carbons (Fsp3) is 0.0909. The van der Waals surface area contributed by atoms with Crippen LogP contribution in [0.4, 0.5) is 0 Å². The molecular weight excluding hydrogens is 556 g/mol. The van der Waals surface area contributed by atoms with Gasteiger partial charge in [-0.3, -0.25) is 9.97 Å². The molecule has 0 radical (unpaired) electrons. The summed E-state index contributed by atoms with van der Waals surface area (Å²) in [6.07, 6.45) is 5.60. The van der Waals surface area contributed by atoms with E-state index in [-0.39, 0.29) is 5.41 Å². The van der Waals surface area contributed by atoms with Crippen molar-refractivity contribution in [2.75, 3.05) is 0 Å². The van der Waals surface area contributed by atoms with Crippen LogP contribution in [0, 0.1) is 0 Å². The van der Waals surface area contributed by atoms with Crippen molar-refractivity contribution in [1.29, 1.82) is 0 Å². The van der Waals surface area contributed by atoms with E-state index in [1.807, 2.05) is 18.5 Å². The van der Waals surface area contributed by atoms with Gasteiger partial charge in [0, 0.05) is 35.3 Å². The van der Waals surface area contributed by atoms with Crippen LogP contribution in [0.15, 0.2) is 152 Å². The Morgan fingerprint density at radius 1 is 0.435 bits per heavy atom. The van der Waals surface area contributed by atoms with Gasteiger partial charge in [0.25, 0.3) is 0 Å². The third kappa shape index (κ3) is 4.93.